The predicted octanol–water partition coefficient (Wildman–Crippen LogP) is 1.26. The quantitative estimate of drug-likeness (QED) is 0.790. The maximum Gasteiger partial charge on any atom is 0.236 e. The van der Waals surface area contributed by atoms with E-state index in [-0.39, 0.29) is 5.91 Å². The predicted molar refractivity (Wildman–Crippen MR) is 72.8 cm³/mol. The van der Waals surface area contributed by atoms with Crippen LogP contribution in [-0.2, 0) is 22.5 Å². The Kier molecular flexibility index (Phi) is 5.16. The number of hydrogen-bond donors (Lipinski definition) is 1. The van der Waals surface area contributed by atoms with Gasteiger partial charge in [0.05, 0.1) is 6.54 Å². The average molecular weight is 268 g/mol. The molecule has 1 aliphatic rings. The maximum absolute atomic E-state index is 12.0. The summed E-state index contributed by atoms with van der Waals surface area (Å²) in [6.07, 6.45) is 1.95. The molecule has 4 nitrogen and oxygen atoms in total. The Morgan fingerprint density at radius 1 is 1.61 bits per heavy atom. The van der Waals surface area contributed by atoms with E-state index in [0.29, 0.717) is 6.54 Å². The first-order valence-corrected chi connectivity index (χ1v) is 7.22. The molecule has 2 heterocycles. The van der Waals surface area contributed by atoms with Gasteiger partial charge in [0.25, 0.3) is 0 Å². The molecule has 0 radical (unpaired) electrons. The van der Waals surface area contributed by atoms with Gasteiger partial charge in [0.2, 0.25) is 5.91 Å². The molecule has 1 amide bonds. The van der Waals surface area contributed by atoms with Crippen LogP contribution in [-0.4, -0.2) is 44.2 Å². The van der Waals surface area contributed by atoms with Crippen LogP contribution in [0.2, 0.25) is 0 Å². The van der Waals surface area contributed by atoms with Gasteiger partial charge in [0.1, 0.15) is 0 Å². The Hall–Kier alpha value is -0.910. The topological polar surface area (TPSA) is 41.6 Å². The van der Waals surface area contributed by atoms with Crippen molar-refractivity contribution < 1.29 is 9.53 Å². The van der Waals surface area contributed by atoms with Crippen molar-refractivity contribution >= 4 is 17.2 Å². The largest absolute Gasteiger partial charge is 0.385 e. The van der Waals surface area contributed by atoms with E-state index >= 15 is 0 Å². The molecule has 0 bridgehead atoms. The zero-order valence-corrected chi connectivity index (χ0v) is 11.6. The smallest absolute Gasteiger partial charge is 0.236 e. The second kappa shape index (κ2) is 6.87. The Balaban J connectivity index is 1.71. The van der Waals surface area contributed by atoms with E-state index in [0.717, 1.165) is 39.1 Å². The standard InChI is InChI=1S/C13H20N2O2S/c1-17-7-2-5-14-9-13(16)15-6-3-12-11(10-15)4-8-18-12/h4,8,14H,2-3,5-7,9-10H2,1H3. The minimum Gasteiger partial charge on any atom is -0.385 e. The number of carbonyl (C=O) groups is 1. The van der Waals surface area contributed by atoms with E-state index in [2.05, 4.69) is 16.8 Å². The highest BCUT2D eigenvalue weighted by molar-refractivity contribution is 7.10. The first-order chi connectivity index (χ1) is 8.81. The van der Waals surface area contributed by atoms with E-state index in [1.54, 1.807) is 18.4 Å². The van der Waals surface area contributed by atoms with Gasteiger partial charge in [-0.05, 0) is 36.4 Å². The third-order valence-electron chi connectivity index (χ3n) is 3.14. The van der Waals surface area contributed by atoms with E-state index in [1.807, 2.05) is 4.90 Å². The molecule has 0 saturated heterocycles. The summed E-state index contributed by atoms with van der Waals surface area (Å²) in [5.74, 6) is 0.198. The van der Waals surface area contributed by atoms with Gasteiger partial charge >= 0.3 is 0 Å². The van der Waals surface area contributed by atoms with Crippen LogP contribution in [0.15, 0.2) is 11.4 Å². The third kappa shape index (κ3) is 3.54. The molecular formula is C13H20N2O2S. The molecule has 18 heavy (non-hydrogen) atoms. The number of thiophene rings is 1. The van der Waals surface area contributed by atoms with Crippen LogP contribution >= 0.6 is 11.3 Å². The number of nitrogens with zero attached hydrogens (tertiary/aromatic N) is 1. The molecule has 0 spiro atoms. The molecule has 0 unspecified atom stereocenters. The van der Waals surface area contributed by atoms with Crippen molar-refractivity contribution in [3.05, 3.63) is 21.9 Å². The van der Waals surface area contributed by atoms with Crippen LogP contribution in [0.3, 0.4) is 0 Å². The van der Waals surface area contributed by atoms with Crippen molar-refractivity contribution in [3.8, 4) is 0 Å². The summed E-state index contributed by atoms with van der Waals surface area (Å²) in [6, 6.07) is 2.13. The molecule has 5 heteroatoms. The van der Waals surface area contributed by atoms with E-state index in [1.165, 1.54) is 10.4 Å². The van der Waals surface area contributed by atoms with Crippen molar-refractivity contribution in [1.82, 2.24) is 10.2 Å². The van der Waals surface area contributed by atoms with Crippen molar-refractivity contribution in [3.63, 3.8) is 0 Å². The van der Waals surface area contributed by atoms with Gasteiger partial charge < -0.3 is 15.0 Å². The van der Waals surface area contributed by atoms with Crippen LogP contribution in [0.25, 0.3) is 0 Å². The molecule has 2 rings (SSSR count). The van der Waals surface area contributed by atoms with Crippen LogP contribution in [0, 0.1) is 0 Å². The van der Waals surface area contributed by atoms with Gasteiger partial charge in [-0.1, -0.05) is 0 Å². The van der Waals surface area contributed by atoms with Gasteiger partial charge in [-0.2, -0.15) is 0 Å². The number of carbonyl (C=O) groups excluding carboxylic acids is 1. The summed E-state index contributed by atoms with van der Waals surface area (Å²) in [6.45, 7) is 3.63. The molecule has 1 aromatic heterocycles. The highest BCUT2D eigenvalue weighted by Crippen LogP contribution is 2.23. The second-order valence-corrected chi connectivity index (χ2v) is 5.46. The summed E-state index contributed by atoms with van der Waals surface area (Å²) in [5.41, 5.74) is 1.32. The average Bonchev–Trinajstić information content (AvgIpc) is 2.85. The molecule has 0 aromatic carbocycles. The summed E-state index contributed by atoms with van der Waals surface area (Å²) < 4.78 is 4.96. The fourth-order valence-corrected chi connectivity index (χ4v) is 3.00. The minimum atomic E-state index is 0.198. The zero-order valence-electron chi connectivity index (χ0n) is 10.8. The SMILES string of the molecule is COCCCNCC(=O)N1CCc2sccc2C1. The number of hydrogen-bond acceptors (Lipinski definition) is 4. The number of ether oxygens (including phenoxy) is 1. The van der Waals surface area contributed by atoms with Crippen molar-refractivity contribution in [2.45, 2.75) is 19.4 Å². The number of fused-ring (bicyclic) bond motifs is 1. The fourth-order valence-electron chi connectivity index (χ4n) is 2.11. The Morgan fingerprint density at radius 2 is 2.50 bits per heavy atom. The fraction of sp³-hybridized carbons (Fsp3) is 0.615. The molecule has 0 aliphatic carbocycles. The van der Waals surface area contributed by atoms with Crippen LogP contribution in [0.1, 0.15) is 16.9 Å². The first-order valence-electron chi connectivity index (χ1n) is 6.34. The molecular weight excluding hydrogens is 248 g/mol. The Labute approximate surface area is 112 Å². The van der Waals surface area contributed by atoms with Crippen molar-refractivity contribution in [1.29, 1.82) is 0 Å². The zero-order chi connectivity index (χ0) is 12.8. The normalized spacial score (nSPS) is 14.6. The molecule has 1 aromatic rings. The Morgan fingerprint density at radius 3 is 3.33 bits per heavy atom. The summed E-state index contributed by atoms with van der Waals surface area (Å²) in [4.78, 5) is 15.4. The lowest BCUT2D eigenvalue weighted by Gasteiger charge is -2.27. The summed E-state index contributed by atoms with van der Waals surface area (Å²) >= 11 is 1.80. The molecule has 0 fully saturated rings. The highest BCUT2D eigenvalue weighted by Gasteiger charge is 2.20. The van der Waals surface area contributed by atoms with E-state index in [4.69, 9.17) is 4.74 Å². The number of nitrogens with one attached hydrogen (secondary N) is 1. The van der Waals surface area contributed by atoms with Gasteiger partial charge in [0.15, 0.2) is 0 Å². The minimum absolute atomic E-state index is 0.198. The molecule has 0 saturated carbocycles. The first kappa shape index (κ1) is 13.5. The molecule has 100 valence electrons. The second-order valence-electron chi connectivity index (χ2n) is 4.46. The molecule has 1 N–H and O–H groups in total. The summed E-state index contributed by atoms with van der Waals surface area (Å²) in [5, 5.41) is 5.28. The monoisotopic (exact) mass is 268 g/mol. The number of rotatable bonds is 6. The Bertz CT molecular complexity index is 392. The lowest BCUT2D eigenvalue weighted by Crippen LogP contribution is -2.41. The van der Waals surface area contributed by atoms with Crippen LogP contribution in [0.4, 0.5) is 0 Å². The summed E-state index contributed by atoms with van der Waals surface area (Å²) in [7, 11) is 1.69. The van der Waals surface area contributed by atoms with Gasteiger partial charge in [0, 0.05) is 31.7 Å². The van der Waals surface area contributed by atoms with Gasteiger partial charge in [-0.15, -0.1) is 11.3 Å². The number of methoxy groups -OCH3 is 1. The highest BCUT2D eigenvalue weighted by atomic mass is 32.1. The van der Waals surface area contributed by atoms with Gasteiger partial charge in [-0.25, -0.2) is 0 Å². The van der Waals surface area contributed by atoms with Crippen LogP contribution in [0.5, 0.6) is 0 Å². The molecule has 1 aliphatic heterocycles. The molecule has 0 atom stereocenters. The van der Waals surface area contributed by atoms with Crippen molar-refractivity contribution in [2.24, 2.45) is 0 Å². The number of amides is 1. The van der Waals surface area contributed by atoms with Crippen molar-refractivity contribution in [2.75, 3.05) is 33.4 Å². The maximum atomic E-state index is 12.0. The lowest BCUT2D eigenvalue weighted by atomic mass is 10.1. The lowest BCUT2D eigenvalue weighted by molar-refractivity contribution is -0.131. The third-order valence-corrected chi connectivity index (χ3v) is 4.16. The van der Waals surface area contributed by atoms with Gasteiger partial charge in [-0.3, -0.25) is 4.79 Å². The van der Waals surface area contributed by atoms with E-state index in [9.17, 15) is 4.79 Å². The van der Waals surface area contributed by atoms with E-state index < -0.39 is 0 Å². The van der Waals surface area contributed by atoms with Crippen LogP contribution < -0.4 is 5.32 Å².